The van der Waals surface area contributed by atoms with Crippen LogP contribution < -0.4 is 14.2 Å². The van der Waals surface area contributed by atoms with Crippen LogP contribution in [-0.4, -0.2) is 29.5 Å². The third kappa shape index (κ3) is 2.73. The molecule has 2 aliphatic rings. The molecule has 5 heteroatoms. The number of benzene rings is 2. The van der Waals surface area contributed by atoms with Crippen molar-refractivity contribution in [3.63, 3.8) is 0 Å². The number of aromatic hydroxyl groups is 2. The molecule has 2 N–H and O–H groups in total. The van der Waals surface area contributed by atoms with E-state index >= 15 is 0 Å². The fourth-order valence-corrected chi connectivity index (χ4v) is 3.61. The minimum Gasteiger partial charge on any atom is -0.508 e. The van der Waals surface area contributed by atoms with E-state index in [0.29, 0.717) is 17.9 Å². The third-order valence-corrected chi connectivity index (χ3v) is 4.92. The SMILES string of the molecule is COc1cc(O)cc(O)c1C1=Cc2ccc3c(c2OC1)CCC(C)(C)O3. The number of phenolic OH excluding ortho intramolecular Hbond substituents is 2. The molecule has 0 unspecified atom stereocenters. The second-order valence-electron chi connectivity index (χ2n) is 7.32. The van der Waals surface area contributed by atoms with Crippen molar-refractivity contribution in [1.82, 2.24) is 0 Å². The Labute approximate surface area is 152 Å². The Balaban J connectivity index is 1.78. The highest BCUT2D eigenvalue weighted by molar-refractivity contribution is 5.90. The molecule has 2 heterocycles. The predicted octanol–water partition coefficient (Wildman–Crippen LogP) is 4.14. The summed E-state index contributed by atoms with van der Waals surface area (Å²) >= 11 is 0. The van der Waals surface area contributed by atoms with Crippen LogP contribution in [0, 0.1) is 0 Å². The number of rotatable bonds is 2. The number of fused-ring (bicyclic) bond motifs is 3. The molecule has 0 radical (unpaired) electrons. The molecule has 0 saturated carbocycles. The van der Waals surface area contributed by atoms with E-state index in [1.165, 1.54) is 19.2 Å². The summed E-state index contributed by atoms with van der Waals surface area (Å²) in [6, 6.07) is 6.73. The van der Waals surface area contributed by atoms with Gasteiger partial charge in [-0.05, 0) is 44.9 Å². The normalized spacial score (nSPS) is 17.3. The van der Waals surface area contributed by atoms with E-state index in [1.54, 1.807) is 0 Å². The van der Waals surface area contributed by atoms with E-state index in [4.69, 9.17) is 14.2 Å². The Bertz CT molecular complexity index is 911. The lowest BCUT2D eigenvalue weighted by Crippen LogP contribution is -2.33. The van der Waals surface area contributed by atoms with Gasteiger partial charge in [-0.3, -0.25) is 0 Å². The van der Waals surface area contributed by atoms with Gasteiger partial charge < -0.3 is 24.4 Å². The average molecular weight is 354 g/mol. The Hall–Kier alpha value is -2.82. The maximum atomic E-state index is 10.3. The van der Waals surface area contributed by atoms with Crippen molar-refractivity contribution in [1.29, 1.82) is 0 Å². The molecule has 2 aromatic rings. The summed E-state index contributed by atoms with van der Waals surface area (Å²) < 4.78 is 17.5. The highest BCUT2D eigenvalue weighted by Gasteiger charge is 2.31. The Kier molecular flexibility index (Phi) is 3.75. The van der Waals surface area contributed by atoms with Gasteiger partial charge in [0.1, 0.15) is 41.0 Å². The molecule has 2 aromatic carbocycles. The number of ether oxygens (including phenoxy) is 3. The fourth-order valence-electron chi connectivity index (χ4n) is 3.61. The molecule has 0 aliphatic carbocycles. The van der Waals surface area contributed by atoms with E-state index in [1.807, 2.05) is 18.2 Å². The molecule has 0 amide bonds. The van der Waals surface area contributed by atoms with Gasteiger partial charge in [0.15, 0.2) is 0 Å². The number of hydrogen-bond donors (Lipinski definition) is 2. The van der Waals surface area contributed by atoms with Crippen LogP contribution >= 0.6 is 0 Å². The minimum absolute atomic E-state index is 0.0387. The van der Waals surface area contributed by atoms with Gasteiger partial charge in [0.2, 0.25) is 0 Å². The zero-order chi connectivity index (χ0) is 18.5. The summed E-state index contributed by atoms with van der Waals surface area (Å²) in [5.41, 5.74) is 3.21. The highest BCUT2D eigenvalue weighted by Crippen LogP contribution is 2.45. The van der Waals surface area contributed by atoms with Crippen LogP contribution in [0.3, 0.4) is 0 Å². The molecule has 0 aromatic heterocycles. The van der Waals surface area contributed by atoms with Gasteiger partial charge in [0.25, 0.3) is 0 Å². The van der Waals surface area contributed by atoms with Gasteiger partial charge in [-0.2, -0.15) is 0 Å². The summed E-state index contributed by atoms with van der Waals surface area (Å²) in [5, 5.41) is 20.0. The molecule has 26 heavy (non-hydrogen) atoms. The molecule has 136 valence electrons. The lowest BCUT2D eigenvalue weighted by atomic mass is 9.90. The molecule has 0 atom stereocenters. The van der Waals surface area contributed by atoms with Crippen LogP contribution in [0.2, 0.25) is 0 Å². The van der Waals surface area contributed by atoms with Crippen molar-refractivity contribution in [3.05, 3.63) is 41.0 Å². The van der Waals surface area contributed by atoms with Crippen LogP contribution in [0.15, 0.2) is 24.3 Å². The molecule has 0 bridgehead atoms. The zero-order valence-corrected chi connectivity index (χ0v) is 15.1. The summed E-state index contributed by atoms with van der Waals surface area (Å²) in [4.78, 5) is 0. The first-order chi connectivity index (χ1) is 12.4. The highest BCUT2D eigenvalue weighted by atomic mass is 16.5. The summed E-state index contributed by atoms with van der Waals surface area (Å²) in [7, 11) is 1.51. The summed E-state index contributed by atoms with van der Waals surface area (Å²) in [5.74, 6) is 2.04. The van der Waals surface area contributed by atoms with Crippen LogP contribution in [0.5, 0.6) is 28.7 Å². The van der Waals surface area contributed by atoms with Gasteiger partial charge in [-0.1, -0.05) is 0 Å². The van der Waals surface area contributed by atoms with Gasteiger partial charge in [0, 0.05) is 28.8 Å². The van der Waals surface area contributed by atoms with E-state index in [-0.39, 0.29) is 17.1 Å². The largest absolute Gasteiger partial charge is 0.508 e. The Morgan fingerprint density at radius 1 is 1.15 bits per heavy atom. The topological polar surface area (TPSA) is 68.2 Å². The van der Waals surface area contributed by atoms with E-state index in [2.05, 4.69) is 13.8 Å². The van der Waals surface area contributed by atoms with Crippen molar-refractivity contribution < 1.29 is 24.4 Å². The van der Waals surface area contributed by atoms with Crippen molar-refractivity contribution in [2.75, 3.05) is 13.7 Å². The lowest BCUT2D eigenvalue weighted by molar-refractivity contribution is 0.0834. The van der Waals surface area contributed by atoms with Gasteiger partial charge in [0.05, 0.1) is 12.7 Å². The number of hydrogen-bond acceptors (Lipinski definition) is 5. The monoisotopic (exact) mass is 354 g/mol. The maximum absolute atomic E-state index is 10.3. The van der Waals surface area contributed by atoms with E-state index in [0.717, 1.165) is 41.0 Å². The van der Waals surface area contributed by atoms with Crippen LogP contribution in [0.25, 0.3) is 11.6 Å². The quantitative estimate of drug-likeness (QED) is 0.848. The van der Waals surface area contributed by atoms with Crippen molar-refractivity contribution in [2.45, 2.75) is 32.3 Å². The summed E-state index contributed by atoms with van der Waals surface area (Å²) in [6.07, 6.45) is 3.83. The first kappa shape index (κ1) is 16.6. The molecule has 0 fully saturated rings. The van der Waals surface area contributed by atoms with Crippen molar-refractivity contribution in [3.8, 4) is 28.7 Å². The molecule has 2 aliphatic heterocycles. The minimum atomic E-state index is -0.165. The smallest absolute Gasteiger partial charge is 0.133 e. The molecule has 0 saturated heterocycles. The fraction of sp³-hybridized carbons (Fsp3) is 0.333. The van der Waals surface area contributed by atoms with Crippen molar-refractivity contribution >= 4 is 11.6 Å². The zero-order valence-electron chi connectivity index (χ0n) is 15.1. The molecule has 0 spiro atoms. The van der Waals surface area contributed by atoms with Gasteiger partial charge >= 0.3 is 0 Å². The number of methoxy groups -OCH3 is 1. The second-order valence-corrected chi connectivity index (χ2v) is 7.32. The molecule has 4 rings (SSSR count). The number of phenols is 2. The first-order valence-corrected chi connectivity index (χ1v) is 8.66. The van der Waals surface area contributed by atoms with E-state index in [9.17, 15) is 10.2 Å². The van der Waals surface area contributed by atoms with Crippen molar-refractivity contribution in [2.24, 2.45) is 0 Å². The van der Waals surface area contributed by atoms with Crippen LogP contribution in [0.4, 0.5) is 0 Å². The first-order valence-electron chi connectivity index (χ1n) is 8.66. The molecular weight excluding hydrogens is 332 g/mol. The van der Waals surface area contributed by atoms with Crippen LogP contribution in [-0.2, 0) is 6.42 Å². The van der Waals surface area contributed by atoms with Gasteiger partial charge in [-0.15, -0.1) is 0 Å². The molecule has 5 nitrogen and oxygen atoms in total. The Morgan fingerprint density at radius 2 is 1.96 bits per heavy atom. The maximum Gasteiger partial charge on any atom is 0.133 e. The lowest BCUT2D eigenvalue weighted by Gasteiger charge is -2.34. The predicted molar refractivity (Wildman–Crippen MR) is 99.2 cm³/mol. The average Bonchev–Trinajstić information content (AvgIpc) is 2.59. The van der Waals surface area contributed by atoms with Gasteiger partial charge in [-0.25, -0.2) is 0 Å². The Morgan fingerprint density at radius 3 is 2.73 bits per heavy atom. The van der Waals surface area contributed by atoms with E-state index < -0.39 is 0 Å². The second kappa shape index (κ2) is 5.87. The third-order valence-electron chi connectivity index (χ3n) is 4.92. The standard InChI is InChI=1S/C21H22O5/c1-21(2)7-6-15-17(26-21)5-4-12-8-13(11-25-20(12)15)19-16(23)9-14(22)10-18(19)24-3/h4-5,8-10,22-23H,6-7,11H2,1-3H3. The summed E-state index contributed by atoms with van der Waals surface area (Å²) in [6.45, 7) is 4.49. The van der Waals surface area contributed by atoms with Crippen LogP contribution in [0.1, 0.15) is 37.0 Å². The molecular formula is C21H22O5.